The Balaban J connectivity index is 1.39. The van der Waals surface area contributed by atoms with Gasteiger partial charge in [0.05, 0.1) is 30.0 Å². The SMILES string of the molecule is CCOc1ccc(N(CCCC(=O)NCCOc2ccc(S(=O)(=O)N3CCCC3)cc2)S(C)(=O)=O)cc1. The Morgan fingerprint density at radius 1 is 0.946 bits per heavy atom. The van der Waals surface area contributed by atoms with Crippen molar-refractivity contribution in [1.29, 1.82) is 0 Å². The van der Waals surface area contributed by atoms with Crippen molar-refractivity contribution >= 4 is 31.6 Å². The number of anilines is 1. The smallest absolute Gasteiger partial charge is 0.243 e. The molecule has 1 N–H and O–H groups in total. The Hall–Kier alpha value is -2.83. The highest BCUT2D eigenvalue weighted by atomic mass is 32.2. The lowest BCUT2D eigenvalue weighted by molar-refractivity contribution is -0.121. The number of rotatable bonds is 14. The van der Waals surface area contributed by atoms with Gasteiger partial charge in [0.2, 0.25) is 26.0 Å². The monoisotopic (exact) mass is 553 g/mol. The number of amides is 1. The van der Waals surface area contributed by atoms with Crippen LogP contribution in [0, 0.1) is 0 Å². The molecule has 204 valence electrons. The number of carbonyl (C=O) groups excluding carboxylic acids is 1. The van der Waals surface area contributed by atoms with E-state index in [9.17, 15) is 21.6 Å². The van der Waals surface area contributed by atoms with E-state index in [0.29, 0.717) is 43.3 Å². The fourth-order valence-corrected chi connectivity index (χ4v) is 6.46. The van der Waals surface area contributed by atoms with Crippen LogP contribution in [-0.4, -0.2) is 72.7 Å². The second-order valence-electron chi connectivity index (χ2n) is 8.65. The van der Waals surface area contributed by atoms with Crippen LogP contribution in [0.5, 0.6) is 11.5 Å². The molecule has 1 aliphatic rings. The Labute approximate surface area is 219 Å². The molecule has 1 amide bonds. The molecule has 0 aliphatic carbocycles. The summed E-state index contributed by atoms with van der Waals surface area (Å²) in [6.45, 7) is 4.14. The summed E-state index contributed by atoms with van der Waals surface area (Å²) in [5, 5.41) is 2.75. The van der Waals surface area contributed by atoms with Crippen molar-refractivity contribution < 1.29 is 31.1 Å². The first-order valence-corrected chi connectivity index (χ1v) is 15.6. The molecule has 1 saturated heterocycles. The molecule has 0 unspecified atom stereocenters. The van der Waals surface area contributed by atoms with Crippen LogP contribution in [0.25, 0.3) is 0 Å². The summed E-state index contributed by atoms with van der Waals surface area (Å²) in [5.74, 6) is 0.953. The normalized spacial score (nSPS) is 14.3. The molecule has 0 saturated carbocycles. The van der Waals surface area contributed by atoms with E-state index in [4.69, 9.17) is 9.47 Å². The summed E-state index contributed by atoms with van der Waals surface area (Å²) in [5.41, 5.74) is 0.513. The van der Waals surface area contributed by atoms with E-state index >= 15 is 0 Å². The van der Waals surface area contributed by atoms with Gasteiger partial charge in [0.15, 0.2) is 0 Å². The molecule has 37 heavy (non-hydrogen) atoms. The number of hydrogen-bond acceptors (Lipinski definition) is 7. The second-order valence-corrected chi connectivity index (χ2v) is 12.5. The van der Waals surface area contributed by atoms with Gasteiger partial charge in [-0.15, -0.1) is 0 Å². The third-order valence-electron chi connectivity index (χ3n) is 5.82. The summed E-state index contributed by atoms with van der Waals surface area (Å²) in [7, 11) is -6.97. The fraction of sp³-hybridized carbons (Fsp3) is 0.480. The van der Waals surface area contributed by atoms with E-state index in [1.54, 1.807) is 36.4 Å². The Morgan fingerprint density at radius 2 is 1.54 bits per heavy atom. The van der Waals surface area contributed by atoms with Crippen molar-refractivity contribution in [3.8, 4) is 11.5 Å². The lowest BCUT2D eigenvalue weighted by atomic mass is 10.2. The van der Waals surface area contributed by atoms with Gasteiger partial charge in [-0.3, -0.25) is 9.10 Å². The van der Waals surface area contributed by atoms with Crippen LogP contribution in [0.2, 0.25) is 0 Å². The van der Waals surface area contributed by atoms with Gasteiger partial charge in [-0.1, -0.05) is 0 Å². The molecule has 0 radical (unpaired) electrons. The van der Waals surface area contributed by atoms with Crippen LogP contribution < -0.4 is 19.1 Å². The van der Waals surface area contributed by atoms with E-state index < -0.39 is 20.0 Å². The largest absolute Gasteiger partial charge is 0.494 e. The molecule has 0 atom stereocenters. The fourth-order valence-electron chi connectivity index (χ4n) is 3.98. The average molecular weight is 554 g/mol. The number of sulfonamides is 2. The minimum absolute atomic E-state index is 0.159. The molecule has 0 aromatic heterocycles. The highest BCUT2D eigenvalue weighted by Crippen LogP contribution is 2.23. The van der Waals surface area contributed by atoms with Crippen LogP contribution >= 0.6 is 0 Å². The third kappa shape index (κ3) is 8.34. The molecule has 1 fully saturated rings. The van der Waals surface area contributed by atoms with Crippen LogP contribution in [0.1, 0.15) is 32.6 Å². The molecule has 3 rings (SSSR count). The minimum Gasteiger partial charge on any atom is -0.494 e. The van der Waals surface area contributed by atoms with E-state index in [2.05, 4.69) is 5.32 Å². The molecule has 2 aromatic carbocycles. The van der Waals surface area contributed by atoms with Crippen LogP contribution in [0.3, 0.4) is 0 Å². The van der Waals surface area contributed by atoms with Gasteiger partial charge < -0.3 is 14.8 Å². The summed E-state index contributed by atoms with van der Waals surface area (Å²) in [6.07, 6.45) is 3.40. The number of hydrogen-bond donors (Lipinski definition) is 1. The van der Waals surface area contributed by atoms with E-state index in [-0.39, 0.29) is 36.9 Å². The van der Waals surface area contributed by atoms with E-state index in [0.717, 1.165) is 19.1 Å². The molecular formula is C25H35N3O7S2. The topological polar surface area (TPSA) is 122 Å². The van der Waals surface area contributed by atoms with Crippen molar-refractivity contribution in [3.63, 3.8) is 0 Å². The van der Waals surface area contributed by atoms with Crippen molar-refractivity contribution in [2.45, 2.75) is 37.5 Å². The lowest BCUT2D eigenvalue weighted by Gasteiger charge is -2.22. The molecule has 2 aromatic rings. The zero-order valence-corrected chi connectivity index (χ0v) is 22.9. The third-order valence-corrected chi connectivity index (χ3v) is 8.93. The van der Waals surface area contributed by atoms with Crippen molar-refractivity contribution in [2.75, 3.05) is 50.0 Å². The molecule has 0 spiro atoms. The van der Waals surface area contributed by atoms with Crippen molar-refractivity contribution in [1.82, 2.24) is 9.62 Å². The first-order chi connectivity index (χ1) is 17.6. The maximum Gasteiger partial charge on any atom is 0.243 e. The molecule has 1 aliphatic heterocycles. The zero-order valence-electron chi connectivity index (χ0n) is 21.3. The van der Waals surface area contributed by atoms with Gasteiger partial charge in [-0.25, -0.2) is 16.8 Å². The lowest BCUT2D eigenvalue weighted by Crippen LogP contribution is -2.32. The summed E-state index contributed by atoms with van der Waals surface area (Å²) in [4.78, 5) is 12.4. The summed E-state index contributed by atoms with van der Waals surface area (Å²) in [6, 6.07) is 13.0. The van der Waals surface area contributed by atoms with Crippen LogP contribution in [0.4, 0.5) is 5.69 Å². The summed E-state index contributed by atoms with van der Waals surface area (Å²) < 4.78 is 63.4. The van der Waals surface area contributed by atoms with Gasteiger partial charge in [0.1, 0.15) is 18.1 Å². The number of nitrogens with one attached hydrogen (secondary N) is 1. The number of carbonyl (C=O) groups is 1. The quantitative estimate of drug-likeness (QED) is 0.357. The summed E-state index contributed by atoms with van der Waals surface area (Å²) >= 11 is 0. The predicted molar refractivity (Wildman–Crippen MR) is 142 cm³/mol. The van der Waals surface area contributed by atoms with Crippen LogP contribution in [-0.2, 0) is 24.8 Å². The maximum absolute atomic E-state index is 12.6. The standard InChI is InChI=1S/C25H35N3O7S2/c1-3-34-22-10-8-21(9-11-22)28(36(2,30)31)19-6-7-25(29)26-16-20-35-23-12-14-24(15-13-23)37(32,33)27-17-4-5-18-27/h8-15H,3-7,16-20H2,1-2H3,(H,26,29). The molecular weight excluding hydrogens is 518 g/mol. The number of ether oxygens (including phenoxy) is 2. The predicted octanol–water partition coefficient (Wildman–Crippen LogP) is 2.61. The molecule has 0 bridgehead atoms. The molecule has 10 nitrogen and oxygen atoms in total. The van der Waals surface area contributed by atoms with Crippen LogP contribution in [0.15, 0.2) is 53.4 Å². The highest BCUT2D eigenvalue weighted by Gasteiger charge is 2.27. The Kier molecular flexibility index (Phi) is 10.2. The van der Waals surface area contributed by atoms with Crippen molar-refractivity contribution in [2.24, 2.45) is 0 Å². The zero-order chi connectivity index (χ0) is 26.9. The number of benzene rings is 2. The maximum atomic E-state index is 12.6. The van der Waals surface area contributed by atoms with Gasteiger partial charge in [-0.05, 0) is 74.7 Å². The first kappa shape index (κ1) is 28.7. The second kappa shape index (κ2) is 13.1. The van der Waals surface area contributed by atoms with Gasteiger partial charge >= 0.3 is 0 Å². The van der Waals surface area contributed by atoms with Gasteiger partial charge in [0.25, 0.3) is 0 Å². The van der Waals surface area contributed by atoms with Gasteiger partial charge in [0, 0.05) is 26.1 Å². The highest BCUT2D eigenvalue weighted by molar-refractivity contribution is 7.92. The Bertz CT molecular complexity index is 1230. The van der Waals surface area contributed by atoms with Gasteiger partial charge in [-0.2, -0.15) is 4.31 Å². The minimum atomic E-state index is -3.51. The Morgan fingerprint density at radius 3 is 2.14 bits per heavy atom. The average Bonchev–Trinajstić information content (AvgIpc) is 3.41. The first-order valence-electron chi connectivity index (χ1n) is 12.3. The molecule has 12 heteroatoms. The number of nitrogens with zero attached hydrogens (tertiary/aromatic N) is 2. The van der Waals surface area contributed by atoms with E-state index in [1.165, 1.54) is 20.7 Å². The molecule has 1 heterocycles. The van der Waals surface area contributed by atoms with Crippen molar-refractivity contribution in [3.05, 3.63) is 48.5 Å². The van der Waals surface area contributed by atoms with E-state index in [1.807, 2.05) is 6.92 Å².